The van der Waals surface area contributed by atoms with E-state index in [1.807, 2.05) is 13.8 Å². The Morgan fingerprint density at radius 1 is 1.15 bits per heavy atom. The minimum absolute atomic E-state index is 0.183. The molecule has 0 saturated carbocycles. The number of likely N-dealkylation sites (tertiary alicyclic amines) is 1. The van der Waals surface area contributed by atoms with Gasteiger partial charge in [-0.2, -0.15) is 0 Å². The number of rotatable bonds is 8. The van der Waals surface area contributed by atoms with Crippen molar-refractivity contribution in [2.75, 3.05) is 6.54 Å². The first-order valence-electron chi connectivity index (χ1n) is 8.99. The van der Waals surface area contributed by atoms with Crippen molar-refractivity contribution >= 4 is 23.7 Å². The third-order valence-electron chi connectivity index (χ3n) is 4.76. The lowest BCUT2D eigenvalue weighted by atomic mass is 9.97. The zero-order chi connectivity index (χ0) is 20.0. The summed E-state index contributed by atoms with van der Waals surface area (Å²) in [5, 5.41) is 14.4. The molecule has 5 N–H and O–H groups in total. The van der Waals surface area contributed by atoms with Crippen LogP contribution < -0.4 is 16.4 Å². The van der Waals surface area contributed by atoms with Crippen molar-refractivity contribution in [3.63, 3.8) is 0 Å². The molecule has 1 aliphatic heterocycles. The van der Waals surface area contributed by atoms with E-state index < -0.39 is 47.9 Å². The molecule has 148 valence electrons. The molecule has 5 unspecified atom stereocenters. The SMILES string of the molecule is CCC(C)C(NC(=O)C(C)NC(=O)C(C)N)C(=O)N1CCCC1C(=O)O. The summed E-state index contributed by atoms with van der Waals surface area (Å²) < 4.78 is 0. The second-order valence-corrected chi connectivity index (χ2v) is 6.92. The molecule has 0 aromatic heterocycles. The van der Waals surface area contributed by atoms with Gasteiger partial charge in [0.05, 0.1) is 6.04 Å². The third-order valence-corrected chi connectivity index (χ3v) is 4.76. The molecule has 3 amide bonds. The van der Waals surface area contributed by atoms with Gasteiger partial charge in [-0.05, 0) is 32.6 Å². The molecule has 0 aliphatic carbocycles. The van der Waals surface area contributed by atoms with Crippen molar-refractivity contribution in [3.8, 4) is 0 Å². The summed E-state index contributed by atoms with van der Waals surface area (Å²) in [7, 11) is 0. The van der Waals surface area contributed by atoms with Crippen molar-refractivity contribution < 1.29 is 24.3 Å². The minimum atomic E-state index is -1.04. The summed E-state index contributed by atoms with van der Waals surface area (Å²) in [6.45, 7) is 7.07. The molecule has 1 rings (SSSR count). The zero-order valence-corrected chi connectivity index (χ0v) is 15.8. The van der Waals surface area contributed by atoms with Gasteiger partial charge in [-0.15, -0.1) is 0 Å². The van der Waals surface area contributed by atoms with Crippen molar-refractivity contribution in [3.05, 3.63) is 0 Å². The average molecular weight is 370 g/mol. The van der Waals surface area contributed by atoms with Gasteiger partial charge in [0.2, 0.25) is 17.7 Å². The monoisotopic (exact) mass is 370 g/mol. The standard InChI is InChI=1S/C17H30N4O5/c1-5-9(2)13(16(24)21-8-6-7-12(21)17(25)26)20-15(23)11(4)19-14(22)10(3)18/h9-13H,5-8,18H2,1-4H3,(H,19,22)(H,20,23)(H,25,26). The first kappa shape index (κ1) is 21.9. The normalized spacial score (nSPS) is 21.4. The summed E-state index contributed by atoms with van der Waals surface area (Å²) in [5.41, 5.74) is 5.47. The van der Waals surface area contributed by atoms with Crippen LogP contribution in [0.15, 0.2) is 0 Å². The second-order valence-electron chi connectivity index (χ2n) is 6.92. The molecule has 1 saturated heterocycles. The van der Waals surface area contributed by atoms with Crippen LogP contribution in [0, 0.1) is 5.92 Å². The van der Waals surface area contributed by atoms with Crippen LogP contribution in [0.2, 0.25) is 0 Å². The Labute approximate surface area is 153 Å². The fourth-order valence-electron chi connectivity index (χ4n) is 2.84. The maximum absolute atomic E-state index is 12.9. The number of amides is 3. The van der Waals surface area contributed by atoms with Gasteiger partial charge in [-0.3, -0.25) is 14.4 Å². The molecule has 1 aliphatic rings. The van der Waals surface area contributed by atoms with Gasteiger partial charge in [-0.25, -0.2) is 4.79 Å². The van der Waals surface area contributed by atoms with Gasteiger partial charge in [-0.1, -0.05) is 20.3 Å². The molecule has 26 heavy (non-hydrogen) atoms. The Morgan fingerprint density at radius 2 is 1.77 bits per heavy atom. The van der Waals surface area contributed by atoms with E-state index >= 15 is 0 Å². The maximum Gasteiger partial charge on any atom is 0.326 e. The highest BCUT2D eigenvalue weighted by molar-refractivity contribution is 5.94. The molecular weight excluding hydrogens is 340 g/mol. The first-order valence-corrected chi connectivity index (χ1v) is 8.99. The maximum atomic E-state index is 12.9. The highest BCUT2D eigenvalue weighted by Gasteiger charge is 2.39. The van der Waals surface area contributed by atoms with Gasteiger partial charge in [0, 0.05) is 6.54 Å². The molecule has 0 aromatic rings. The van der Waals surface area contributed by atoms with E-state index in [4.69, 9.17) is 5.73 Å². The van der Waals surface area contributed by atoms with Gasteiger partial charge < -0.3 is 26.4 Å². The lowest BCUT2D eigenvalue weighted by Gasteiger charge is -2.31. The molecule has 0 radical (unpaired) electrons. The average Bonchev–Trinajstić information content (AvgIpc) is 3.07. The van der Waals surface area contributed by atoms with E-state index in [0.717, 1.165) is 0 Å². The minimum Gasteiger partial charge on any atom is -0.480 e. The number of hydrogen-bond donors (Lipinski definition) is 4. The molecule has 9 nitrogen and oxygen atoms in total. The predicted octanol–water partition coefficient (Wildman–Crippen LogP) is -0.555. The zero-order valence-electron chi connectivity index (χ0n) is 15.8. The third kappa shape index (κ3) is 5.42. The molecule has 0 spiro atoms. The molecule has 5 atom stereocenters. The summed E-state index contributed by atoms with van der Waals surface area (Å²) in [6, 6.07) is -3.32. The topological polar surface area (TPSA) is 142 Å². The van der Waals surface area contributed by atoms with Gasteiger partial charge in [0.1, 0.15) is 18.1 Å². The number of carboxylic acid groups (broad SMARTS) is 1. The molecule has 1 fully saturated rings. The molecule has 0 bridgehead atoms. The Balaban J connectivity index is 2.86. The van der Waals surface area contributed by atoms with Gasteiger partial charge >= 0.3 is 5.97 Å². The fraction of sp³-hybridized carbons (Fsp3) is 0.765. The van der Waals surface area contributed by atoms with Crippen LogP contribution in [0.25, 0.3) is 0 Å². The van der Waals surface area contributed by atoms with E-state index in [-0.39, 0.29) is 5.92 Å². The Hall–Kier alpha value is -2.16. The number of carboxylic acids is 1. The Bertz CT molecular complexity index is 551. The van der Waals surface area contributed by atoms with Crippen LogP contribution in [0.5, 0.6) is 0 Å². The van der Waals surface area contributed by atoms with E-state index in [9.17, 15) is 24.3 Å². The molecular formula is C17H30N4O5. The van der Waals surface area contributed by atoms with Crippen molar-refractivity contribution in [1.29, 1.82) is 0 Å². The highest BCUT2D eigenvalue weighted by atomic mass is 16.4. The van der Waals surface area contributed by atoms with Gasteiger partial charge in [0.15, 0.2) is 0 Å². The van der Waals surface area contributed by atoms with Crippen molar-refractivity contribution in [2.45, 2.75) is 71.1 Å². The lowest BCUT2D eigenvalue weighted by Crippen LogP contribution is -2.57. The van der Waals surface area contributed by atoms with Crippen LogP contribution in [-0.2, 0) is 19.2 Å². The number of carbonyl (C=O) groups excluding carboxylic acids is 3. The highest BCUT2D eigenvalue weighted by Crippen LogP contribution is 2.21. The first-order chi connectivity index (χ1) is 12.1. The summed E-state index contributed by atoms with van der Waals surface area (Å²) in [6.07, 6.45) is 1.65. The van der Waals surface area contributed by atoms with Crippen molar-refractivity contribution in [2.24, 2.45) is 11.7 Å². The largest absolute Gasteiger partial charge is 0.480 e. The van der Waals surface area contributed by atoms with Crippen LogP contribution in [0.3, 0.4) is 0 Å². The van der Waals surface area contributed by atoms with Crippen molar-refractivity contribution in [1.82, 2.24) is 15.5 Å². The van der Waals surface area contributed by atoms with E-state index in [0.29, 0.717) is 25.8 Å². The lowest BCUT2D eigenvalue weighted by molar-refractivity contribution is -0.150. The smallest absolute Gasteiger partial charge is 0.326 e. The summed E-state index contributed by atoms with van der Waals surface area (Å²) in [5.74, 6) is -2.60. The second kappa shape index (κ2) is 9.51. The number of carbonyl (C=O) groups is 4. The fourth-order valence-corrected chi connectivity index (χ4v) is 2.84. The number of aliphatic carboxylic acids is 1. The molecule has 9 heteroatoms. The van der Waals surface area contributed by atoms with E-state index in [2.05, 4.69) is 10.6 Å². The van der Waals surface area contributed by atoms with Crippen LogP contribution in [-0.4, -0.2) is 64.4 Å². The Morgan fingerprint density at radius 3 is 2.27 bits per heavy atom. The van der Waals surface area contributed by atoms with Crippen LogP contribution in [0.4, 0.5) is 0 Å². The van der Waals surface area contributed by atoms with Crippen LogP contribution >= 0.6 is 0 Å². The number of nitrogens with zero attached hydrogens (tertiary/aromatic N) is 1. The Kier molecular flexibility index (Phi) is 8.01. The van der Waals surface area contributed by atoms with E-state index in [1.165, 1.54) is 18.7 Å². The summed E-state index contributed by atoms with van der Waals surface area (Å²) in [4.78, 5) is 49.6. The summed E-state index contributed by atoms with van der Waals surface area (Å²) >= 11 is 0. The number of nitrogens with one attached hydrogen (secondary N) is 2. The van der Waals surface area contributed by atoms with E-state index in [1.54, 1.807) is 0 Å². The quantitative estimate of drug-likeness (QED) is 0.451. The molecule has 1 heterocycles. The molecule has 0 aromatic carbocycles. The number of hydrogen-bond acceptors (Lipinski definition) is 5. The van der Waals surface area contributed by atoms with Gasteiger partial charge in [0.25, 0.3) is 0 Å². The number of nitrogens with two attached hydrogens (primary N) is 1. The predicted molar refractivity (Wildman–Crippen MR) is 95.0 cm³/mol. The van der Waals surface area contributed by atoms with Crippen LogP contribution in [0.1, 0.15) is 47.0 Å².